The molecule has 1 amide bonds. The number of nitro benzene ring substituents is 1. The Morgan fingerprint density at radius 2 is 1.86 bits per heavy atom. The van der Waals surface area contributed by atoms with Gasteiger partial charge in [-0.05, 0) is 44.4 Å². The van der Waals surface area contributed by atoms with Crippen molar-refractivity contribution in [2.24, 2.45) is 0 Å². The first-order valence-electron chi connectivity index (χ1n) is 8.84. The van der Waals surface area contributed by atoms with E-state index in [2.05, 4.69) is 5.32 Å². The number of non-ortho nitro benzene ring substituents is 1. The van der Waals surface area contributed by atoms with E-state index in [0.717, 1.165) is 5.56 Å². The topological polar surface area (TPSA) is 110 Å². The highest BCUT2D eigenvalue weighted by Gasteiger charge is 2.39. The average molecular weight is 403 g/mol. The highest BCUT2D eigenvalue weighted by Crippen LogP contribution is 2.28. The minimum Gasteiger partial charge on any atom is -0.324 e. The highest BCUT2D eigenvalue weighted by atomic mass is 32.2. The van der Waals surface area contributed by atoms with Crippen molar-refractivity contribution >= 4 is 27.3 Å². The summed E-state index contributed by atoms with van der Waals surface area (Å²) in [4.78, 5) is 23.4. The minimum absolute atomic E-state index is 0.142. The Labute approximate surface area is 163 Å². The molecule has 2 aromatic rings. The van der Waals surface area contributed by atoms with Crippen molar-refractivity contribution in [2.75, 3.05) is 11.9 Å². The van der Waals surface area contributed by atoms with Crippen LogP contribution in [-0.2, 0) is 14.8 Å². The van der Waals surface area contributed by atoms with Gasteiger partial charge in [-0.3, -0.25) is 14.9 Å². The van der Waals surface area contributed by atoms with Crippen molar-refractivity contribution in [3.05, 3.63) is 63.7 Å². The first kappa shape index (κ1) is 20.0. The number of hydrogen-bond donors (Lipinski definition) is 1. The maximum absolute atomic E-state index is 13.0. The molecule has 0 aliphatic carbocycles. The number of nitro groups is 1. The van der Waals surface area contributed by atoms with Crippen LogP contribution in [0.2, 0.25) is 0 Å². The van der Waals surface area contributed by atoms with Crippen LogP contribution in [0.4, 0.5) is 11.4 Å². The molecule has 28 heavy (non-hydrogen) atoms. The van der Waals surface area contributed by atoms with Crippen molar-refractivity contribution < 1.29 is 18.1 Å². The maximum atomic E-state index is 13.0. The number of rotatable bonds is 5. The van der Waals surface area contributed by atoms with Crippen LogP contribution in [0.15, 0.2) is 47.4 Å². The average Bonchev–Trinajstić information content (AvgIpc) is 3.14. The van der Waals surface area contributed by atoms with Gasteiger partial charge in [-0.2, -0.15) is 4.31 Å². The molecule has 0 radical (unpaired) electrons. The second-order valence-corrected chi connectivity index (χ2v) is 8.72. The third kappa shape index (κ3) is 3.90. The molecule has 1 saturated heterocycles. The second kappa shape index (κ2) is 7.69. The van der Waals surface area contributed by atoms with E-state index in [1.165, 1.54) is 28.6 Å². The molecule has 1 atom stereocenters. The smallest absolute Gasteiger partial charge is 0.271 e. The summed E-state index contributed by atoms with van der Waals surface area (Å²) >= 11 is 0. The number of nitrogens with one attached hydrogen (secondary N) is 1. The normalized spacial score (nSPS) is 17.4. The quantitative estimate of drug-likeness (QED) is 0.610. The van der Waals surface area contributed by atoms with E-state index in [1.54, 1.807) is 25.1 Å². The monoisotopic (exact) mass is 403 g/mol. The molecule has 0 spiro atoms. The zero-order valence-electron chi connectivity index (χ0n) is 15.6. The van der Waals surface area contributed by atoms with Gasteiger partial charge in [0.15, 0.2) is 0 Å². The molecule has 0 aromatic heterocycles. The van der Waals surface area contributed by atoms with Crippen LogP contribution in [0.25, 0.3) is 0 Å². The first-order valence-corrected chi connectivity index (χ1v) is 10.3. The van der Waals surface area contributed by atoms with Crippen LogP contribution >= 0.6 is 0 Å². The molecule has 3 rings (SSSR count). The Hall–Kier alpha value is -2.78. The number of carbonyl (C=O) groups is 1. The lowest BCUT2D eigenvalue weighted by molar-refractivity contribution is -0.384. The van der Waals surface area contributed by atoms with Crippen LogP contribution in [0.3, 0.4) is 0 Å². The lowest BCUT2D eigenvalue weighted by Gasteiger charge is -2.23. The number of carbonyl (C=O) groups excluding carboxylic acids is 1. The van der Waals surface area contributed by atoms with E-state index >= 15 is 0 Å². The first-order chi connectivity index (χ1) is 13.2. The van der Waals surface area contributed by atoms with Crippen LogP contribution in [0.5, 0.6) is 0 Å². The largest absolute Gasteiger partial charge is 0.324 e. The fraction of sp³-hybridized carbons (Fsp3) is 0.316. The summed E-state index contributed by atoms with van der Waals surface area (Å²) in [6.45, 7) is 3.83. The summed E-state index contributed by atoms with van der Waals surface area (Å²) < 4.78 is 27.2. The Balaban J connectivity index is 1.85. The molecular formula is C19H21N3O5S. The van der Waals surface area contributed by atoms with Crippen LogP contribution in [-0.4, -0.2) is 36.1 Å². The van der Waals surface area contributed by atoms with E-state index in [-0.39, 0.29) is 17.1 Å². The standard InChI is InChI=1S/C19H21N3O5S/c1-13-5-9-16(10-6-13)28(26,27)21-11-3-4-18(21)19(23)20-17-12-15(22(24)25)8-7-14(17)2/h5-10,12,18H,3-4,11H2,1-2H3,(H,20,23). The number of amides is 1. The van der Waals surface area contributed by atoms with Gasteiger partial charge < -0.3 is 5.32 Å². The van der Waals surface area contributed by atoms with Gasteiger partial charge in [-0.15, -0.1) is 0 Å². The third-order valence-corrected chi connectivity index (χ3v) is 6.75. The summed E-state index contributed by atoms with van der Waals surface area (Å²) in [5, 5.41) is 13.6. The molecule has 1 N–H and O–H groups in total. The van der Waals surface area contributed by atoms with Crippen molar-refractivity contribution in [1.29, 1.82) is 0 Å². The van der Waals surface area contributed by atoms with Gasteiger partial charge in [0.2, 0.25) is 15.9 Å². The number of aryl methyl sites for hydroxylation is 2. The number of hydrogen-bond acceptors (Lipinski definition) is 5. The van der Waals surface area contributed by atoms with Gasteiger partial charge in [0, 0.05) is 18.7 Å². The fourth-order valence-corrected chi connectivity index (χ4v) is 4.87. The summed E-state index contributed by atoms with van der Waals surface area (Å²) in [5.74, 6) is -0.489. The van der Waals surface area contributed by atoms with Crippen molar-refractivity contribution in [2.45, 2.75) is 37.6 Å². The zero-order valence-corrected chi connectivity index (χ0v) is 16.4. The fourth-order valence-electron chi connectivity index (χ4n) is 3.21. The molecule has 2 aromatic carbocycles. The lowest BCUT2D eigenvalue weighted by atomic mass is 10.1. The summed E-state index contributed by atoms with van der Waals surface area (Å²) in [6.07, 6.45) is 0.960. The molecule has 9 heteroatoms. The van der Waals surface area contributed by atoms with Gasteiger partial charge in [0.05, 0.1) is 15.5 Å². The number of benzene rings is 2. The van der Waals surface area contributed by atoms with Gasteiger partial charge >= 0.3 is 0 Å². The number of nitrogens with zero attached hydrogens (tertiary/aromatic N) is 2. The Morgan fingerprint density at radius 1 is 1.18 bits per heavy atom. The SMILES string of the molecule is Cc1ccc(S(=O)(=O)N2CCCC2C(=O)Nc2cc([N+](=O)[O-])ccc2C)cc1. The Bertz CT molecular complexity index is 1020. The van der Waals surface area contributed by atoms with Gasteiger partial charge in [-0.25, -0.2) is 8.42 Å². The van der Waals surface area contributed by atoms with Crippen LogP contribution in [0.1, 0.15) is 24.0 Å². The third-order valence-electron chi connectivity index (χ3n) is 4.82. The molecular weight excluding hydrogens is 382 g/mol. The zero-order chi connectivity index (χ0) is 20.5. The molecule has 0 bridgehead atoms. The molecule has 8 nitrogen and oxygen atoms in total. The summed E-state index contributed by atoms with van der Waals surface area (Å²) in [5.41, 5.74) is 1.76. The highest BCUT2D eigenvalue weighted by molar-refractivity contribution is 7.89. The maximum Gasteiger partial charge on any atom is 0.271 e. The van der Waals surface area contributed by atoms with Gasteiger partial charge in [0.1, 0.15) is 6.04 Å². The molecule has 0 saturated carbocycles. The van der Waals surface area contributed by atoms with Crippen molar-refractivity contribution in [3.8, 4) is 0 Å². The Kier molecular flexibility index (Phi) is 5.48. The predicted octanol–water partition coefficient (Wildman–Crippen LogP) is 3.00. The number of anilines is 1. The van der Waals surface area contributed by atoms with E-state index < -0.39 is 26.9 Å². The van der Waals surface area contributed by atoms with Gasteiger partial charge in [-0.1, -0.05) is 23.8 Å². The Morgan fingerprint density at radius 3 is 2.50 bits per heavy atom. The van der Waals surface area contributed by atoms with Crippen LogP contribution in [0, 0.1) is 24.0 Å². The van der Waals surface area contributed by atoms with E-state index in [9.17, 15) is 23.3 Å². The minimum atomic E-state index is -3.81. The number of sulfonamides is 1. The molecule has 1 heterocycles. The van der Waals surface area contributed by atoms with Crippen LogP contribution < -0.4 is 5.32 Å². The molecule has 1 aliphatic heterocycles. The predicted molar refractivity (Wildman–Crippen MR) is 105 cm³/mol. The van der Waals surface area contributed by atoms with E-state index in [4.69, 9.17) is 0 Å². The second-order valence-electron chi connectivity index (χ2n) is 6.83. The lowest BCUT2D eigenvalue weighted by Crippen LogP contribution is -2.43. The van der Waals surface area contributed by atoms with Crippen molar-refractivity contribution in [3.63, 3.8) is 0 Å². The van der Waals surface area contributed by atoms with Gasteiger partial charge in [0.25, 0.3) is 5.69 Å². The molecule has 1 aliphatic rings. The van der Waals surface area contributed by atoms with E-state index in [0.29, 0.717) is 24.1 Å². The summed E-state index contributed by atoms with van der Waals surface area (Å²) in [7, 11) is -3.81. The molecule has 148 valence electrons. The van der Waals surface area contributed by atoms with E-state index in [1.807, 2.05) is 6.92 Å². The molecule has 1 unspecified atom stereocenters. The van der Waals surface area contributed by atoms with Crippen molar-refractivity contribution in [1.82, 2.24) is 4.31 Å². The molecule has 1 fully saturated rings. The summed E-state index contributed by atoms with van der Waals surface area (Å²) in [6, 6.07) is 9.81.